The first kappa shape index (κ1) is 24.3. The number of para-hydroxylation sites is 1. The summed E-state index contributed by atoms with van der Waals surface area (Å²) >= 11 is 0. The number of aryl methyl sites for hydroxylation is 1. The molecule has 0 bridgehead atoms. The van der Waals surface area contributed by atoms with Gasteiger partial charge in [0.25, 0.3) is 5.91 Å². The van der Waals surface area contributed by atoms with Crippen LogP contribution in [0.25, 0.3) is 0 Å². The first-order valence-corrected chi connectivity index (χ1v) is 12.4. The monoisotopic (exact) mass is 467 g/mol. The quantitative estimate of drug-likeness (QED) is 0.735. The first-order valence-electron chi connectivity index (χ1n) is 12.4. The van der Waals surface area contributed by atoms with Crippen LogP contribution in [0.4, 0.5) is 0 Å². The van der Waals surface area contributed by atoms with E-state index < -0.39 is 0 Å². The summed E-state index contributed by atoms with van der Waals surface area (Å²) in [7, 11) is 1.97. The van der Waals surface area contributed by atoms with Crippen LogP contribution in [-0.2, 0) is 18.4 Å². The minimum absolute atomic E-state index is 0.0460. The van der Waals surface area contributed by atoms with Crippen LogP contribution in [0.5, 0.6) is 5.75 Å². The molecule has 2 aromatic rings. The fraction of sp³-hybridized carbons (Fsp3) is 0.577. The molecule has 1 saturated heterocycles. The summed E-state index contributed by atoms with van der Waals surface area (Å²) < 4.78 is 8.03. The third-order valence-electron chi connectivity index (χ3n) is 7.34. The normalized spacial score (nSPS) is 22.7. The second kappa shape index (κ2) is 11.0. The van der Waals surface area contributed by atoms with Gasteiger partial charge in [-0.15, -0.1) is 0 Å². The standard InChI is InChI=1S/C26H37N5O3/c1-19-22(16-27-29(19)3)17-30-12-7-6-8-21-11-13-31(20(2)32)18-24(21)28-26(33)23-9-4-5-10-25(23)34-15-14-30/h4-5,9-10,16,21,24H,6-8,11-15,17-18H2,1-3H3,(H,28,33)/t21-,24+/m1/s1. The van der Waals surface area contributed by atoms with E-state index in [0.29, 0.717) is 30.4 Å². The van der Waals surface area contributed by atoms with Crippen LogP contribution >= 0.6 is 0 Å². The second-order valence-corrected chi connectivity index (χ2v) is 9.59. The molecule has 8 nitrogen and oxygen atoms in total. The Bertz CT molecular complexity index is 1000. The lowest BCUT2D eigenvalue weighted by Crippen LogP contribution is -2.53. The molecule has 8 heteroatoms. The third kappa shape index (κ3) is 5.78. The molecule has 1 aromatic carbocycles. The Morgan fingerprint density at radius 2 is 2.00 bits per heavy atom. The maximum absolute atomic E-state index is 13.2. The highest BCUT2D eigenvalue weighted by Crippen LogP contribution is 2.26. The van der Waals surface area contributed by atoms with Crippen molar-refractivity contribution in [1.29, 1.82) is 0 Å². The number of rotatable bonds is 2. The first-order chi connectivity index (χ1) is 16.4. The smallest absolute Gasteiger partial charge is 0.255 e. The molecule has 1 fully saturated rings. The van der Waals surface area contributed by atoms with Crippen molar-refractivity contribution in [3.63, 3.8) is 0 Å². The number of likely N-dealkylation sites (tertiary alicyclic amines) is 1. The third-order valence-corrected chi connectivity index (χ3v) is 7.34. The van der Waals surface area contributed by atoms with Gasteiger partial charge in [0.05, 0.1) is 11.8 Å². The number of carbonyl (C=O) groups is 2. The van der Waals surface area contributed by atoms with E-state index in [1.807, 2.05) is 47.1 Å². The number of ether oxygens (including phenoxy) is 1. The molecule has 2 aliphatic heterocycles. The minimum atomic E-state index is -0.129. The number of hydrogen-bond acceptors (Lipinski definition) is 5. The zero-order valence-corrected chi connectivity index (χ0v) is 20.6. The molecule has 34 heavy (non-hydrogen) atoms. The lowest BCUT2D eigenvalue weighted by atomic mass is 9.86. The number of nitrogens with zero attached hydrogens (tertiary/aromatic N) is 4. The Morgan fingerprint density at radius 3 is 2.76 bits per heavy atom. The van der Waals surface area contributed by atoms with Crippen molar-refractivity contribution >= 4 is 11.8 Å². The Balaban J connectivity index is 1.53. The summed E-state index contributed by atoms with van der Waals surface area (Å²) in [4.78, 5) is 29.5. The maximum Gasteiger partial charge on any atom is 0.255 e. The molecule has 0 saturated carbocycles. The van der Waals surface area contributed by atoms with Crippen molar-refractivity contribution in [2.45, 2.75) is 52.1 Å². The predicted molar refractivity (Wildman–Crippen MR) is 131 cm³/mol. The van der Waals surface area contributed by atoms with Gasteiger partial charge >= 0.3 is 0 Å². The van der Waals surface area contributed by atoms with Crippen LogP contribution < -0.4 is 10.1 Å². The zero-order valence-electron chi connectivity index (χ0n) is 20.6. The van der Waals surface area contributed by atoms with Crippen LogP contribution in [0.15, 0.2) is 30.5 Å². The van der Waals surface area contributed by atoms with Gasteiger partial charge in [0.15, 0.2) is 0 Å². The lowest BCUT2D eigenvalue weighted by molar-refractivity contribution is -0.130. The largest absolute Gasteiger partial charge is 0.491 e. The molecule has 2 amide bonds. The van der Waals surface area contributed by atoms with Gasteiger partial charge in [0.1, 0.15) is 12.4 Å². The average molecular weight is 468 g/mol. The topological polar surface area (TPSA) is 79.7 Å². The van der Waals surface area contributed by atoms with Crippen molar-refractivity contribution in [2.24, 2.45) is 13.0 Å². The minimum Gasteiger partial charge on any atom is -0.491 e. The van der Waals surface area contributed by atoms with Crippen molar-refractivity contribution < 1.29 is 14.3 Å². The molecule has 4 rings (SSSR count). The number of carbonyl (C=O) groups excluding carboxylic acids is 2. The van der Waals surface area contributed by atoms with Gasteiger partial charge in [-0.3, -0.25) is 19.2 Å². The van der Waals surface area contributed by atoms with Crippen molar-refractivity contribution in [2.75, 3.05) is 32.8 Å². The Labute approximate surface area is 202 Å². The van der Waals surface area contributed by atoms with Crippen molar-refractivity contribution in [3.05, 3.63) is 47.3 Å². The summed E-state index contributed by atoms with van der Waals surface area (Å²) in [6.07, 6.45) is 6.10. The summed E-state index contributed by atoms with van der Waals surface area (Å²) in [5.74, 6) is 0.906. The second-order valence-electron chi connectivity index (χ2n) is 9.59. The fourth-order valence-corrected chi connectivity index (χ4v) is 5.06. The van der Waals surface area contributed by atoms with Crippen LogP contribution in [-0.4, -0.2) is 70.2 Å². The number of aromatic nitrogens is 2. The predicted octanol–water partition coefficient (Wildman–Crippen LogP) is 2.76. The molecule has 3 heterocycles. The van der Waals surface area contributed by atoms with Crippen LogP contribution in [0.3, 0.4) is 0 Å². The molecule has 0 spiro atoms. The zero-order chi connectivity index (χ0) is 24.1. The van der Waals surface area contributed by atoms with E-state index in [1.165, 1.54) is 11.3 Å². The molecule has 0 radical (unpaired) electrons. The van der Waals surface area contributed by atoms with E-state index in [9.17, 15) is 9.59 Å². The van der Waals surface area contributed by atoms with Gasteiger partial charge < -0.3 is 15.0 Å². The number of fused-ring (bicyclic) bond motifs is 2. The van der Waals surface area contributed by atoms with Gasteiger partial charge in [-0.25, -0.2) is 0 Å². The van der Waals surface area contributed by atoms with Gasteiger partial charge in [0.2, 0.25) is 5.91 Å². The molecule has 1 aromatic heterocycles. The van der Waals surface area contributed by atoms with Crippen LogP contribution in [0.1, 0.15) is 54.2 Å². The van der Waals surface area contributed by atoms with E-state index >= 15 is 0 Å². The number of piperidine rings is 1. The van der Waals surface area contributed by atoms with Crippen molar-refractivity contribution in [3.8, 4) is 5.75 Å². The summed E-state index contributed by atoms with van der Waals surface area (Å²) in [6.45, 7) is 8.16. The lowest BCUT2D eigenvalue weighted by Gasteiger charge is -2.39. The molecule has 1 N–H and O–H groups in total. The number of nitrogens with one attached hydrogen (secondary N) is 1. The Morgan fingerprint density at radius 1 is 1.18 bits per heavy atom. The SMILES string of the molecule is CC(=O)N1CC[C@H]2CCCCN(Cc3cnn(C)c3C)CCOc3ccccc3C(=O)N[C@H]2C1. The van der Waals surface area contributed by atoms with Gasteiger partial charge in [-0.2, -0.15) is 5.10 Å². The summed E-state index contributed by atoms with van der Waals surface area (Å²) in [5.41, 5.74) is 2.97. The van der Waals surface area contributed by atoms with Crippen molar-refractivity contribution in [1.82, 2.24) is 24.9 Å². The Kier molecular flexibility index (Phi) is 7.88. The molecule has 184 valence electrons. The molecular formula is C26H37N5O3. The summed E-state index contributed by atoms with van der Waals surface area (Å²) in [6, 6.07) is 7.38. The molecular weight excluding hydrogens is 430 g/mol. The molecule has 2 aliphatic rings. The van der Waals surface area contributed by atoms with E-state index in [-0.39, 0.29) is 17.9 Å². The molecule has 0 unspecified atom stereocenters. The Hall–Kier alpha value is -2.87. The number of amides is 2. The number of hydrogen-bond donors (Lipinski definition) is 1. The highest BCUT2D eigenvalue weighted by atomic mass is 16.5. The van der Waals surface area contributed by atoms with Gasteiger partial charge in [-0.05, 0) is 50.8 Å². The van der Waals surface area contributed by atoms with Gasteiger partial charge in [0, 0.05) is 57.4 Å². The fourth-order valence-electron chi connectivity index (χ4n) is 5.06. The van der Waals surface area contributed by atoms with Crippen LogP contribution in [0, 0.1) is 12.8 Å². The average Bonchev–Trinajstić information content (AvgIpc) is 3.14. The maximum atomic E-state index is 13.2. The van der Waals surface area contributed by atoms with E-state index in [4.69, 9.17) is 4.74 Å². The highest BCUT2D eigenvalue weighted by Gasteiger charge is 2.32. The molecule has 2 atom stereocenters. The van der Waals surface area contributed by atoms with E-state index in [0.717, 1.165) is 51.9 Å². The van der Waals surface area contributed by atoms with Crippen LogP contribution in [0.2, 0.25) is 0 Å². The summed E-state index contributed by atoms with van der Waals surface area (Å²) in [5, 5.41) is 7.63. The molecule has 0 aliphatic carbocycles. The highest BCUT2D eigenvalue weighted by molar-refractivity contribution is 5.97. The number of benzene rings is 1. The van der Waals surface area contributed by atoms with Gasteiger partial charge in [-0.1, -0.05) is 18.6 Å². The van der Waals surface area contributed by atoms with E-state index in [2.05, 4.69) is 22.2 Å². The van der Waals surface area contributed by atoms with E-state index in [1.54, 1.807) is 6.92 Å².